The Bertz CT molecular complexity index is 2880. The van der Waals surface area contributed by atoms with E-state index in [1.807, 2.05) is 75.5 Å². The number of fused-ring (bicyclic) bond motifs is 8. The van der Waals surface area contributed by atoms with Crippen molar-refractivity contribution < 1.29 is 18.9 Å². The molecule has 6 nitrogen and oxygen atoms in total. The molecule has 0 unspecified atom stereocenters. The molecule has 6 heteroatoms. The van der Waals surface area contributed by atoms with E-state index in [9.17, 15) is 0 Å². The number of nitrogens with zero attached hydrogens (tertiary/aromatic N) is 1. The van der Waals surface area contributed by atoms with E-state index in [0.29, 0.717) is 0 Å². The third-order valence-electron chi connectivity index (χ3n) is 10.5. The van der Waals surface area contributed by atoms with Crippen molar-refractivity contribution in [3.8, 4) is 11.5 Å². The second-order valence-electron chi connectivity index (χ2n) is 14.2. The van der Waals surface area contributed by atoms with E-state index in [0.717, 1.165) is 40.9 Å². The predicted molar refractivity (Wildman–Crippen MR) is 275 cm³/mol. The summed E-state index contributed by atoms with van der Waals surface area (Å²) in [5.41, 5.74) is 4.38. The number of nitrogens with one attached hydrogen (secondary N) is 1. The summed E-state index contributed by atoms with van der Waals surface area (Å²) in [6.45, 7) is 14.0. The van der Waals surface area contributed by atoms with Gasteiger partial charge in [0, 0.05) is 57.7 Å². The van der Waals surface area contributed by atoms with Gasteiger partial charge in [0.1, 0.15) is 11.5 Å². The molecule has 10 rings (SSSR count). The van der Waals surface area contributed by atoms with Crippen molar-refractivity contribution in [3.05, 3.63) is 184 Å². The molecule has 0 aliphatic rings. The van der Waals surface area contributed by atoms with Crippen molar-refractivity contribution >= 4 is 87.4 Å². The number of para-hydroxylation sites is 1. The van der Waals surface area contributed by atoms with Crippen LogP contribution in [0.2, 0.25) is 0 Å². The maximum absolute atomic E-state index is 5.46. The van der Waals surface area contributed by atoms with Crippen molar-refractivity contribution in [1.82, 2.24) is 0 Å². The Labute approximate surface area is 373 Å². The average Bonchev–Trinajstić information content (AvgIpc) is 3.87. The second kappa shape index (κ2) is 23.2. The largest absolute Gasteiger partial charge is 0.497 e. The minimum atomic E-state index is 0.819. The molecule has 0 bridgehead atoms. The number of benzene rings is 8. The smallest absolute Gasteiger partial charge is 0.119 e. The molecule has 0 saturated heterocycles. The molecule has 0 saturated carbocycles. The fourth-order valence-electron chi connectivity index (χ4n) is 7.90. The van der Waals surface area contributed by atoms with E-state index in [4.69, 9.17) is 9.47 Å². The lowest BCUT2D eigenvalue weighted by atomic mass is 9.95. The summed E-state index contributed by atoms with van der Waals surface area (Å²) >= 11 is 0. The maximum atomic E-state index is 5.46. The van der Waals surface area contributed by atoms with Crippen LogP contribution in [0.3, 0.4) is 0 Å². The first kappa shape index (κ1) is 46.9. The van der Waals surface area contributed by atoms with Gasteiger partial charge in [-0.1, -0.05) is 91.0 Å². The molecule has 0 atom stereocenters. The highest BCUT2D eigenvalue weighted by Crippen LogP contribution is 2.50. The van der Waals surface area contributed by atoms with Gasteiger partial charge in [0.15, 0.2) is 0 Å². The topological polar surface area (TPSA) is 52.2 Å². The van der Waals surface area contributed by atoms with Crippen LogP contribution < -0.4 is 19.7 Å². The van der Waals surface area contributed by atoms with Crippen LogP contribution in [0.1, 0.15) is 13.8 Å². The molecule has 0 aromatic heterocycles. The molecule has 10 aromatic rings. The molecule has 10 aromatic carbocycles. The molecule has 0 heterocycles. The zero-order valence-electron chi connectivity index (χ0n) is 38.0. The number of rotatable bonds is 7. The van der Waals surface area contributed by atoms with Gasteiger partial charge in [-0.15, -0.1) is 19.7 Å². The minimum absolute atomic E-state index is 0.819. The van der Waals surface area contributed by atoms with Gasteiger partial charge in [-0.05, 0) is 151 Å². The minimum Gasteiger partial charge on any atom is -0.497 e. The van der Waals surface area contributed by atoms with Gasteiger partial charge in [0.05, 0.1) is 14.2 Å². The summed E-state index contributed by atoms with van der Waals surface area (Å²) in [6, 6.07) is 55.9. The van der Waals surface area contributed by atoms with Gasteiger partial charge in [-0.2, -0.15) is 0 Å². The number of ether oxygens (including phenoxy) is 4. The van der Waals surface area contributed by atoms with E-state index in [2.05, 4.69) is 143 Å². The highest BCUT2D eigenvalue weighted by atomic mass is 16.5. The Hall–Kier alpha value is -7.12. The molecule has 322 valence electrons. The third kappa shape index (κ3) is 10.00. The van der Waals surface area contributed by atoms with Gasteiger partial charge in [0.25, 0.3) is 0 Å². The number of allylic oxidation sites excluding steroid dienone is 1. The van der Waals surface area contributed by atoms with Crippen molar-refractivity contribution in [2.45, 2.75) is 13.8 Å². The van der Waals surface area contributed by atoms with Gasteiger partial charge < -0.3 is 29.2 Å². The predicted octanol–water partition coefficient (Wildman–Crippen LogP) is 15.6. The zero-order valence-corrected chi connectivity index (χ0v) is 38.0. The molecule has 0 aliphatic heterocycles. The summed E-state index contributed by atoms with van der Waals surface area (Å²) in [5.74, 6) is 1.67. The van der Waals surface area contributed by atoms with Crippen molar-refractivity contribution in [2.24, 2.45) is 0 Å². The van der Waals surface area contributed by atoms with Crippen molar-refractivity contribution in [2.75, 3.05) is 59.4 Å². The number of methoxy groups -OCH3 is 4. The van der Waals surface area contributed by atoms with Crippen LogP contribution in [0, 0.1) is 0 Å². The first-order valence-corrected chi connectivity index (χ1v) is 21.0. The van der Waals surface area contributed by atoms with Crippen LogP contribution in [0.25, 0.3) is 64.6 Å². The fraction of sp³-hybridized carbons (Fsp3) is 0.158. The van der Waals surface area contributed by atoms with Crippen LogP contribution in [0.4, 0.5) is 22.7 Å². The maximum Gasteiger partial charge on any atom is 0.119 e. The molecule has 1 N–H and O–H groups in total. The standard InChI is InChI=1S/C40H27NO2.C7H9N.C3H8O.C3H6.C2H6O.C2H4/c1-42-27-18-13-24(14-19-27)41(25-15-20-28(43-2)21-16-25)26-17-22-33-36(23-26)32-10-6-12-34-37-30-8-4-3-7-29(30)31-9-5-11-35(38(31)37)40(33)39(32)34;1-8-7-5-3-2-4-6-7;1-3-4-2;2*1-3-2;1-2/h3-23H,1-2H3;2-6,8H,1H3;3H2,1-2H3;3H,1H2,2H3;1-2H3;1-2H2. The number of hydrogen-bond donors (Lipinski definition) is 1. The fourth-order valence-corrected chi connectivity index (χ4v) is 7.90. The quantitative estimate of drug-likeness (QED) is 0.127. The van der Waals surface area contributed by atoms with E-state index < -0.39 is 0 Å². The summed E-state index contributed by atoms with van der Waals surface area (Å²) in [4.78, 5) is 2.29. The van der Waals surface area contributed by atoms with E-state index in [1.165, 1.54) is 64.6 Å². The molecule has 0 fully saturated rings. The lowest BCUT2D eigenvalue weighted by Gasteiger charge is -2.26. The molecular weight excluding hydrogens is 777 g/mol. The molecule has 0 spiro atoms. The average molecular weight is 837 g/mol. The highest BCUT2D eigenvalue weighted by Gasteiger charge is 2.22. The molecule has 0 radical (unpaired) electrons. The lowest BCUT2D eigenvalue weighted by molar-refractivity contribution is 0.215. The van der Waals surface area contributed by atoms with Gasteiger partial charge in [0.2, 0.25) is 0 Å². The number of anilines is 4. The van der Waals surface area contributed by atoms with Gasteiger partial charge >= 0.3 is 0 Å². The lowest BCUT2D eigenvalue weighted by Crippen LogP contribution is -2.09. The second-order valence-corrected chi connectivity index (χ2v) is 14.2. The first-order chi connectivity index (χ1) is 30.9. The molecule has 0 amide bonds. The Kier molecular flexibility index (Phi) is 17.3. The zero-order chi connectivity index (χ0) is 45.3. The molecular formula is C57H60N2O4. The van der Waals surface area contributed by atoms with Crippen molar-refractivity contribution in [3.63, 3.8) is 0 Å². The summed E-state index contributed by atoms with van der Waals surface area (Å²) < 4.78 is 19.7. The number of hydrogen-bond acceptors (Lipinski definition) is 6. The van der Waals surface area contributed by atoms with Crippen LogP contribution in [0.5, 0.6) is 11.5 Å². The van der Waals surface area contributed by atoms with Crippen LogP contribution >= 0.6 is 0 Å². The van der Waals surface area contributed by atoms with Gasteiger partial charge in [-0.3, -0.25) is 0 Å². The van der Waals surface area contributed by atoms with E-state index in [1.54, 1.807) is 41.6 Å². The first-order valence-electron chi connectivity index (χ1n) is 21.0. The molecule has 63 heavy (non-hydrogen) atoms. The Balaban J connectivity index is 0.000000316. The monoisotopic (exact) mass is 836 g/mol. The highest BCUT2D eigenvalue weighted by molar-refractivity contribution is 6.47. The normalized spacial score (nSPS) is 10.3. The van der Waals surface area contributed by atoms with Crippen LogP contribution in [0.15, 0.2) is 184 Å². The summed E-state index contributed by atoms with van der Waals surface area (Å²) in [7, 11) is 10.2. The van der Waals surface area contributed by atoms with Crippen molar-refractivity contribution in [1.29, 1.82) is 0 Å². The van der Waals surface area contributed by atoms with Crippen LogP contribution in [-0.4, -0.2) is 49.2 Å². The Morgan fingerprint density at radius 1 is 0.476 bits per heavy atom. The van der Waals surface area contributed by atoms with Gasteiger partial charge in [-0.25, -0.2) is 0 Å². The SMILES string of the molecule is C=C.C=CC.CCOC.CNc1ccccc1.COC.COc1ccc(N(c2ccc(OC)cc2)c2ccc3c(c2)c2cccc4c5c6ccccc6c6cccc(c65)c3c24)cc1. The Morgan fingerprint density at radius 2 is 0.825 bits per heavy atom. The van der Waals surface area contributed by atoms with E-state index in [-0.39, 0.29) is 0 Å². The van der Waals surface area contributed by atoms with E-state index >= 15 is 0 Å². The third-order valence-corrected chi connectivity index (χ3v) is 10.5. The summed E-state index contributed by atoms with van der Waals surface area (Å²) in [6.07, 6.45) is 1.75. The summed E-state index contributed by atoms with van der Waals surface area (Å²) in [5, 5.41) is 19.0. The Morgan fingerprint density at radius 3 is 1.22 bits per heavy atom. The molecule has 0 aliphatic carbocycles. The van der Waals surface area contributed by atoms with Crippen LogP contribution in [-0.2, 0) is 9.47 Å².